The molecule has 0 aromatic rings. The molecule has 0 unspecified atom stereocenters. The van der Waals surface area contributed by atoms with Gasteiger partial charge in [0.05, 0.1) is 26.6 Å². The van der Waals surface area contributed by atoms with Gasteiger partial charge in [-0.05, 0) is 19.8 Å². The molecule has 0 spiro atoms. The Balaban J connectivity index is 3.44. The Kier molecular flexibility index (Phi) is 9.12. The molecule has 0 aliphatic heterocycles. The monoisotopic (exact) mass is 271 g/mol. The Hall–Kier alpha value is -1.85. The zero-order valence-corrected chi connectivity index (χ0v) is 11.5. The minimum absolute atomic E-state index is 0.0269. The van der Waals surface area contributed by atoms with E-state index in [9.17, 15) is 14.4 Å². The molecule has 0 atom stereocenters. The number of nitrogens with one attached hydrogen (secondary N) is 1. The van der Waals surface area contributed by atoms with E-state index in [4.69, 9.17) is 4.74 Å². The third kappa shape index (κ3) is 9.82. The van der Waals surface area contributed by atoms with Crippen molar-refractivity contribution in [1.29, 1.82) is 0 Å². The lowest BCUT2D eigenvalue weighted by atomic mass is 10.3. The number of amides is 1. The Morgan fingerprint density at radius 1 is 1.11 bits per heavy atom. The molecule has 6 nitrogen and oxygen atoms in total. The summed E-state index contributed by atoms with van der Waals surface area (Å²) < 4.78 is 9.32. The zero-order chi connectivity index (χ0) is 14.7. The number of hydrogen-bond donors (Lipinski definition) is 1. The molecule has 0 heterocycles. The number of ether oxygens (including phenoxy) is 2. The van der Waals surface area contributed by atoms with Crippen LogP contribution in [0, 0.1) is 0 Å². The van der Waals surface area contributed by atoms with E-state index in [0.29, 0.717) is 25.0 Å². The van der Waals surface area contributed by atoms with Gasteiger partial charge in [0, 0.05) is 12.1 Å². The molecule has 0 saturated carbocycles. The number of unbranched alkanes of at least 4 members (excludes halogenated alkanes) is 1. The Bertz CT molecular complexity index is 338. The van der Waals surface area contributed by atoms with E-state index < -0.39 is 11.9 Å². The summed E-state index contributed by atoms with van der Waals surface area (Å²) in [4.78, 5) is 33.1. The predicted molar refractivity (Wildman–Crippen MR) is 69.3 cm³/mol. The van der Waals surface area contributed by atoms with Crippen LogP contribution < -0.4 is 5.32 Å². The number of rotatable bonds is 9. The topological polar surface area (TPSA) is 81.7 Å². The third-order valence-corrected chi connectivity index (χ3v) is 2.27. The molecule has 0 radical (unpaired) electrons. The number of hydrogen-bond acceptors (Lipinski definition) is 5. The lowest BCUT2D eigenvalue weighted by Crippen LogP contribution is -2.24. The fourth-order valence-corrected chi connectivity index (χ4v) is 1.14. The van der Waals surface area contributed by atoms with Gasteiger partial charge in [0.2, 0.25) is 5.91 Å². The van der Waals surface area contributed by atoms with Crippen molar-refractivity contribution < 1.29 is 23.9 Å². The molecule has 19 heavy (non-hydrogen) atoms. The van der Waals surface area contributed by atoms with Crippen molar-refractivity contribution in [3.05, 3.63) is 12.2 Å². The number of esters is 2. The maximum Gasteiger partial charge on any atom is 0.306 e. The fraction of sp³-hybridized carbons (Fsp3) is 0.615. The summed E-state index contributed by atoms with van der Waals surface area (Å²) in [6, 6.07) is 0. The highest BCUT2D eigenvalue weighted by Gasteiger charge is 2.07. The summed E-state index contributed by atoms with van der Waals surface area (Å²) in [5, 5.41) is 2.68. The van der Waals surface area contributed by atoms with E-state index in [2.05, 4.69) is 16.6 Å². The second-order valence-electron chi connectivity index (χ2n) is 4.04. The van der Waals surface area contributed by atoms with Crippen molar-refractivity contribution in [1.82, 2.24) is 5.32 Å². The van der Waals surface area contributed by atoms with Gasteiger partial charge in [-0.1, -0.05) is 6.58 Å². The zero-order valence-electron chi connectivity index (χ0n) is 11.5. The molecule has 108 valence electrons. The molecule has 0 aliphatic carbocycles. The number of carbonyl (C=O) groups is 3. The van der Waals surface area contributed by atoms with Gasteiger partial charge in [-0.2, -0.15) is 0 Å². The largest absolute Gasteiger partial charge is 0.469 e. The second-order valence-corrected chi connectivity index (χ2v) is 4.04. The van der Waals surface area contributed by atoms with Gasteiger partial charge in [-0.15, -0.1) is 0 Å². The van der Waals surface area contributed by atoms with Crippen LogP contribution in [0.1, 0.15) is 32.6 Å². The highest BCUT2D eigenvalue weighted by molar-refractivity contribution is 5.92. The van der Waals surface area contributed by atoms with Crippen molar-refractivity contribution in [2.24, 2.45) is 0 Å². The predicted octanol–water partition coefficient (Wildman–Crippen LogP) is 0.955. The maximum atomic E-state index is 11.2. The molecule has 6 heteroatoms. The van der Waals surface area contributed by atoms with Crippen molar-refractivity contribution >= 4 is 17.8 Å². The van der Waals surface area contributed by atoms with E-state index in [1.54, 1.807) is 6.92 Å². The Morgan fingerprint density at radius 2 is 1.74 bits per heavy atom. The lowest BCUT2D eigenvalue weighted by molar-refractivity contribution is -0.149. The van der Waals surface area contributed by atoms with Crippen LogP contribution in [0.2, 0.25) is 0 Å². The number of methoxy groups -OCH3 is 1. The first kappa shape index (κ1) is 17.2. The molecular weight excluding hydrogens is 250 g/mol. The first-order valence-electron chi connectivity index (χ1n) is 6.13. The summed E-state index contributed by atoms with van der Waals surface area (Å²) in [7, 11) is 1.27. The Labute approximate surface area is 113 Å². The van der Waals surface area contributed by atoms with E-state index in [-0.39, 0.29) is 25.4 Å². The molecule has 0 saturated heterocycles. The van der Waals surface area contributed by atoms with E-state index in [1.807, 2.05) is 0 Å². The summed E-state index contributed by atoms with van der Waals surface area (Å²) in [5.41, 5.74) is 0.467. The van der Waals surface area contributed by atoms with Crippen LogP contribution in [0.15, 0.2) is 12.2 Å². The summed E-state index contributed by atoms with van der Waals surface area (Å²) in [6.07, 6.45) is 1.42. The quantitative estimate of drug-likeness (QED) is 0.383. The van der Waals surface area contributed by atoms with Gasteiger partial charge in [0.1, 0.15) is 0 Å². The SMILES string of the molecule is C=C(C)C(=O)NCCCCOC(=O)CCC(=O)OC. The first-order valence-corrected chi connectivity index (χ1v) is 6.13. The van der Waals surface area contributed by atoms with Gasteiger partial charge in [0.25, 0.3) is 0 Å². The van der Waals surface area contributed by atoms with Crippen LogP contribution in [-0.2, 0) is 23.9 Å². The molecular formula is C13H21NO5. The molecule has 1 N–H and O–H groups in total. The highest BCUT2D eigenvalue weighted by Crippen LogP contribution is 1.97. The average Bonchev–Trinajstić information content (AvgIpc) is 2.39. The van der Waals surface area contributed by atoms with Crippen LogP contribution in [0.25, 0.3) is 0 Å². The van der Waals surface area contributed by atoms with Gasteiger partial charge < -0.3 is 14.8 Å². The normalized spacial score (nSPS) is 9.58. The van der Waals surface area contributed by atoms with Crippen LogP contribution in [0.4, 0.5) is 0 Å². The summed E-state index contributed by atoms with van der Waals surface area (Å²) in [6.45, 7) is 5.95. The van der Waals surface area contributed by atoms with Gasteiger partial charge in [-0.3, -0.25) is 14.4 Å². The molecule has 0 fully saturated rings. The van der Waals surface area contributed by atoms with Crippen LogP contribution in [0.3, 0.4) is 0 Å². The summed E-state index contributed by atoms with van der Waals surface area (Å²) in [5.74, 6) is -1.02. The van der Waals surface area contributed by atoms with Gasteiger partial charge >= 0.3 is 11.9 Å². The van der Waals surface area contributed by atoms with Gasteiger partial charge in [-0.25, -0.2) is 0 Å². The lowest BCUT2D eigenvalue weighted by Gasteiger charge is -2.06. The van der Waals surface area contributed by atoms with Crippen LogP contribution >= 0.6 is 0 Å². The minimum Gasteiger partial charge on any atom is -0.469 e. The summed E-state index contributed by atoms with van der Waals surface area (Å²) >= 11 is 0. The standard InChI is InChI=1S/C13H21NO5/c1-10(2)13(17)14-8-4-5-9-19-12(16)7-6-11(15)18-3/h1,4-9H2,2-3H3,(H,14,17). The van der Waals surface area contributed by atoms with Gasteiger partial charge in [0.15, 0.2) is 0 Å². The van der Waals surface area contributed by atoms with Crippen molar-refractivity contribution in [3.63, 3.8) is 0 Å². The second kappa shape index (κ2) is 10.1. The maximum absolute atomic E-state index is 11.2. The van der Waals surface area contributed by atoms with Crippen molar-refractivity contribution in [2.75, 3.05) is 20.3 Å². The average molecular weight is 271 g/mol. The minimum atomic E-state index is -0.431. The first-order chi connectivity index (χ1) is 8.97. The molecule has 0 aliphatic rings. The van der Waals surface area contributed by atoms with Crippen molar-refractivity contribution in [2.45, 2.75) is 32.6 Å². The van der Waals surface area contributed by atoms with E-state index in [0.717, 1.165) is 0 Å². The van der Waals surface area contributed by atoms with E-state index in [1.165, 1.54) is 7.11 Å². The molecule has 0 rings (SSSR count). The molecule has 0 bridgehead atoms. The highest BCUT2D eigenvalue weighted by atomic mass is 16.5. The molecule has 1 amide bonds. The molecule has 0 aromatic heterocycles. The smallest absolute Gasteiger partial charge is 0.306 e. The molecule has 0 aromatic carbocycles. The fourth-order valence-electron chi connectivity index (χ4n) is 1.14. The third-order valence-electron chi connectivity index (χ3n) is 2.27. The Morgan fingerprint density at radius 3 is 2.32 bits per heavy atom. The van der Waals surface area contributed by atoms with Crippen LogP contribution in [0.5, 0.6) is 0 Å². The van der Waals surface area contributed by atoms with Crippen LogP contribution in [-0.4, -0.2) is 38.1 Å². The number of carbonyl (C=O) groups excluding carboxylic acids is 3. The van der Waals surface area contributed by atoms with E-state index >= 15 is 0 Å². The van der Waals surface area contributed by atoms with Crippen molar-refractivity contribution in [3.8, 4) is 0 Å².